The normalized spacial score (nSPS) is 20.8. The van der Waals surface area contributed by atoms with Crippen LogP contribution in [0.2, 0.25) is 0 Å². The van der Waals surface area contributed by atoms with Crippen LogP contribution in [0, 0.1) is 11.3 Å². The summed E-state index contributed by atoms with van der Waals surface area (Å²) in [6, 6.07) is 0. The molecule has 2 rings (SSSR count). The first-order valence-corrected chi connectivity index (χ1v) is 9.92. The fraction of sp³-hybridized carbons (Fsp3) is 0.947. The van der Waals surface area contributed by atoms with Crippen LogP contribution in [-0.2, 0) is 4.74 Å². The van der Waals surface area contributed by atoms with Gasteiger partial charge >= 0.3 is 0 Å². The summed E-state index contributed by atoms with van der Waals surface area (Å²) in [5.41, 5.74) is 0.456. The molecule has 2 fully saturated rings. The first kappa shape index (κ1) is 23.0. The van der Waals surface area contributed by atoms with Crippen molar-refractivity contribution < 1.29 is 4.74 Å². The Kier molecular flexibility index (Phi) is 11.3. The summed E-state index contributed by atoms with van der Waals surface area (Å²) in [6.45, 7) is 11.9. The van der Waals surface area contributed by atoms with E-state index in [1.165, 1.54) is 51.7 Å². The maximum atomic E-state index is 5.51. The molecule has 0 spiro atoms. The molecule has 6 heteroatoms. The smallest absolute Gasteiger partial charge is 0.190 e. The molecule has 0 unspecified atom stereocenters. The van der Waals surface area contributed by atoms with Crippen molar-refractivity contribution in [3.8, 4) is 0 Å². The fourth-order valence-electron chi connectivity index (χ4n) is 3.41. The molecule has 0 aromatic rings. The Labute approximate surface area is 171 Å². The largest absolute Gasteiger partial charge is 0.382 e. The molecule has 1 saturated carbocycles. The third-order valence-electron chi connectivity index (χ3n) is 5.61. The number of guanidine groups is 1. The minimum atomic E-state index is 0. The molecule has 0 amide bonds. The van der Waals surface area contributed by atoms with Crippen molar-refractivity contribution in [2.75, 3.05) is 53.0 Å². The molecular formula is C19H39IN4O. The van der Waals surface area contributed by atoms with E-state index < -0.39 is 0 Å². The summed E-state index contributed by atoms with van der Waals surface area (Å²) in [5.74, 6) is 1.87. The highest BCUT2D eigenvalue weighted by atomic mass is 127. The van der Waals surface area contributed by atoms with E-state index in [1.54, 1.807) is 0 Å². The van der Waals surface area contributed by atoms with Crippen LogP contribution in [0.25, 0.3) is 0 Å². The molecule has 1 aliphatic carbocycles. The Balaban J connectivity index is 0.00000312. The molecule has 0 atom stereocenters. The van der Waals surface area contributed by atoms with E-state index in [9.17, 15) is 0 Å². The van der Waals surface area contributed by atoms with Gasteiger partial charge in [0.25, 0.3) is 0 Å². The van der Waals surface area contributed by atoms with Gasteiger partial charge in [-0.2, -0.15) is 0 Å². The van der Waals surface area contributed by atoms with Crippen molar-refractivity contribution in [1.82, 2.24) is 15.5 Å². The van der Waals surface area contributed by atoms with E-state index in [4.69, 9.17) is 4.74 Å². The summed E-state index contributed by atoms with van der Waals surface area (Å²) in [7, 11) is 1.86. The minimum absolute atomic E-state index is 0. The first-order valence-electron chi connectivity index (χ1n) is 9.92. The van der Waals surface area contributed by atoms with Gasteiger partial charge in [0.15, 0.2) is 5.96 Å². The average molecular weight is 466 g/mol. The number of rotatable bonds is 10. The maximum absolute atomic E-state index is 5.51. The number of hydrogen-bond donors (Lipinski definition) is 2. The summed E-state index contributed by atoms with van der Waals surface area (Å²) in [5, 5.41) is 6.98. The molecule has 1 saturated heterocycles. The second kappa shape index (κ2) is 12.3. The SMILES string of the molecule is CCOCCC1(CNC(=NC)NCCCN2CCC(C)CC2)CC1.I. The van der Waals surface area contributed by atoms with Gasteiger partial charge in [0.1, 0.15) is 0 Å². The third-order valence-corrected chi connectivity index (χ3v) is 5.61. The van der Waals surface area contributed by atoms with E-state index in [2.05, 4.69) is 34.4 Å². The van der Waals surface area contributed by atoms with Gasteiger partial charge in [-0.05, 0) is 76.4 Å². The Hall–Kier alpha value is -0.0800. The topological polar surface area (TPSA) is 48.9 Å². The van der Waals surface area contributed by atoms with E-state index in [0.717, 1.165) is 44.6 Å². The Morgan fingerprint density at radius 2 is 1.96 bits per heavy atom. The van der Waals surface area contributed by atoms with Crippen molar-refractivity contribution in [2.24, 2.45) is 16.3 Å². The molecule has 25 heavy (non-hydrogen) atoms. The highest BCUT2D eigenvalue weighted by Gasteiger charge is 2.41. The van der Waals surface area contributed by atoms with Crippen LogP contribution in [0.3, 0.4) is 0 Å². The van der Waals surface area contributed by atoms with E-state index in [-0.39, 0.29) is 24.0 Å². The van der Waals surface area contributed by atoms with Crippen LogP contribution in [0.1, 0.15) is 52.4 Å². The molecule has 2 N–H and O–H groups in total. The van der Waals surface area contributed by atoms with Crippen LogP contribution in [0.15, 0.2) is 4.99 Å². The van der Waals surface area contributed by atoms with Gasteiger partial charge < -0.3 is 20.3 Å². The molecule has 0 bridgehead atoms. The van der Waals surface area contributed by atoms with Crippen molar-refractivity contribution in [3.63, 3.8) is 0 Å². The number of likely N-dealkylation sites (tertiary alicyclic amines) is 1. The van der Waals surface area contributed by atoms with Gasteiger partial charge in [0.05, 0.1) is 0 Å². The highest BCUT2D eigenvalue weighted by molar-refractivity contribution is 14.0. The summed E-state index contributed by atoms with van der Waals surface area (Å²) >= 11 is 0. The van der Waals surface area contributed by atoms with Crippen LogP contribution >= 0.6 is 24.0 Å². The number of halogens is 1. The number of piperidine rings is 1. The zero-order valence-electron chi connectivity index (χ0n) is 16.5. The Bertz CT molecular complexity index is 380. The average Bonchev–Trinajstić information content (AvgIpc) is 3.36. The van der Waals surface area contributed by atoms with Crippen LogP contribution in [0.4, 0.5) is 0 Å². The number of ether oxygens (including phenoxy) is 1. The monoisotopic (exact) mass is 466 g/mol. The van der Waals surface area contributed by atoms with Crippen molar-refractivity contribution in [3.05, 3.63) is 0 Å². The lowest BCUT2D eigenvalue weighted by molar-refractivity contribution is 0.128. The lowest BCUT2D eigenvalue weighted by atomic mass is 9.99. The Morgan fingerprint density at radius 1 is 1.24 bits per heavy atom. The Morgan fingerprint density at radius 3 is 2.56 bits per heavy atom. The molecule has 0 aromatic heterocycles. The van der Waals surface area contributed by atoms with Crippen molar-refractivity contribution in [2.45, 2.75) is 52.4 Å². The van der Waals surface area contributed by atoms with Gasteiger partial charge in [-0.15, -0.1) is 24.0 Å². The zero-order valence-corrected chi connectivity index (χ0v) is 18.8. The van der Waals surface area contributed by atoms with Gasteiger partial charge in [-0.25, -0.2) is 0 Å². The van der Waals surface area contributed by atoms with Crippen molar-refractivity contribution in [1.29, 1.82) is 0 Å². The molecule has 0 aromatic carbocycles. The lowest BCUT2D eigenvalue weighted by Gasteiger charge is -2.30. The predicted octanol–water partition coefficient (Wildman–Crippen LogP) is 3.10. The summed E-state index contributed by atoms with van der Waals surface area (Å²) in [4.78, 5) is 6.96. The standard InChI is InChI=1S/C19H38N4O.HI/c1-4-24-15-10-19(8-9-19)16-22-18(20-3)21-11-5-12-23-13-6-17(2)7-14-23;/h17H,4-16H2,1-3H3,(H2,20,21,22);1H. The summed E-state index contributed by atoms with van der Waals surface area (Å²) < 4.78 is 5.51. The summed E-state index contributed by atoms with van der Waals surface area (Å²) in [6.07, 6.45) is 7.71. The maximum Gasteiger partial charge on any atom is 0.190 e. The molecule has 2 aliphatic rings. The van der Waals surface area contributed by atoms with E-state index in [1.807, 2.05) is 7.05 Å². The second-order valence-electron chi connectivity index (χ2n) is 7.68. The van der Waals surface area contributed by atoms with E-state index >= 15 is 0 Å². The number of hydrogen-bond acceptors (Lipinski definition) is 3. The molecular weight excluding hydrogens is 427 g/mol. The van der Waals surface area contributed by atoms with Crippen LogP contribution in [-0.4, -0.2) is 63.8 Å². The molecule has 148 valence electrons. The first-order chi connectivity index (χ1) is 11.7. The molecule has 1 heterocycles. The van der Waals surface area contributed by atoms with Gasteiger partial charge in [0.2, 0.25) is 0 Å². The van der Waals surface area contributed by atoms with Gasteiger partial charge in [0, 0.05) is 33.4 Å². The fourth-order valence-corrected chi connectivity index (χ4v) is 3.41. The lowest BCUT2D eigenvalue weighted by Crippen LogP contribution is -2.42. The quantitative estimate of drug-likeness (QED) is 0.225. The number of nitrogens with one attached hydrogen (secondary N) is 2. The third kappa shape index (κ3) is 8.91. The molecule has 0 radical (unpaired) electrons. The van der Waals surface area contributed by atoms with Crippen LogP contribution in [0.5, 0.6) is 0 Å². The predicted molar refractivity (Wildman–Crippen MR) is 117 cm³/mol. The van der Waals surface area contributed by atoms with Gasteiger partial charge in [-0.3, -0.25) is 4.99 Å². The highest BCUT2D eigenvalue weighted by Crippen LogP contribution is 2.48. The number of aliphatic imine (C=N–C) groups is 1. The minimum Gasteiger partial charge on any atom is -0.382 e. The van der Waals surface area contributed by atoms with E-state index in [0.29, 0.717) is 5.41 Å². The zero-order chi connectivity index (χ0) is 17.3. The van der Waals surface area contributed by atoms with Gasteiger partial charge in [-0.1, -0.05) is 6.92 Å². The van der Waals surface area contributed by atoms with Crippen LogP contribution < -0.4 is 10.6 Å². The molecule has 5 nitrogen and oxygen atoms in total. The molecule has 1 aliphatic heterocycles. The second-order valence-corrected chi connectivity index (χ2v) is 7.68. The van der Waals surface area contributed by atoms with Crippen molar-refractivity contribution >= 4 is 29.9 Å². The number of nitrogens with zero attached hydrogens (tertiary/aromatic N) is 2.